The normalized spacial score (nSPS) is 17.4. The lowest BCUT2D eigenvalue weighted by Gasteiger charge is -2.23. The largest absolute Gasteiger partial charge is 0.333 e. The number of anilines is 1. The van der Waals surface area contributed by atoms with E-state index in [9.17, 15) is 9.59 Å². The van der Waals surface area contributed by atoms with E-state index < -0.39 is 0 Å². The first-order chi connectivity index (χ1) is 11.0. The van der Waals surface area contributed by atoms with Gasteiger partial charge in [-0.15, -0.1) is 0 Å². The molecule has 5 heteroatoms. The first kappa shape index (κ1) is 17.3. The minimum absolute atomic E-state index is 0.0653. The zero-order valence-corrected chi connectivity index (χ0v) is 14.3. The van der Waals surface area contributed by atoms with Gasteiger partial charge >= 0.3 is 6.03 Å². The molecule has 1 aliphatic heterocycles. The Kier molecular flexibility index (Phi) is 6.02. The van der Waals surface area contributed by atoms with Crippen molar-refractivity contribution in [2.45, 2.75) is 46.1 Å². The summed E-state index contributed by atoms with van der Waals surface area (Å²) in [6, 6.07) is 7.72. The summed E-state index contributed by atoms with van der Waals surface area (Å²) in [4.78, 5) is 28.1. The van der Waals surface area contributed by atoms with Gasteiger partial charge < -0.3 is 15.1 Å². The second kappa shape index (κ2) is 7.99. The van der Waals surface area contributed by atoms with Gasteiger partial charge in [0.05, 0.1) is 6.04 Å². The zero-order chi connectivity index (χ0) is 16.8. The molecule has 0 radical (unpaired) electrons. The number of rotatable bonds is 6. The summed E-state index contributed by atoms with van der Waals surface area (Å²) in [7, 11) is 0. The third-order valence-electron chi connectivity index (χ3n) is 4.25. The molecule has 0 spiro atoms. The van der Waals surface area contributed by atoms with Crippen LogP contribution >= 0.6 is 0 Å². The smallest absolute Gasteiger partial charge is 0.317 e. The molecule has 0 bridgehead atoms. The molecule has 1 aromatic rings. The van der Waals surface area contributed by atoms with Gasteiger partial charge in [-0.3, -0.25) is 4.79 Å². The van der Waals surface area contributed by atoms with Crippen molar-refractivity contribution in [3.05, 3.63) is 29.8 Å². The molecule has 1 N–H and O–H groups in total. The predicted molar refractivity (Wildman–Crippen MR) is 92.6 cm³/mol. The molecule has 1 saturated heterocycles. The van der Waals surface area contributed by atoms with Gasteiger partial charge in [0.2, 0.25) is 5.91 Å². The lowest BCUT2D eigenvalue weighted by molar-refractivity contribution is -0.117. The van der Waals surface area contributed by atoms with Crippen molar-refractivity contribution in [3.63, 3.8) is 0 Å². The Hall–Kier alpha value is -2.04. The van der Waals surface area contributed by atoms with Crippen molar-refractivity contribution in [1.82, 2.24) is 10.2 Å². The maximum Gasteiger partial charge on any atom is 0.317 e. The molecule has 0 aliphatic carbocycles. The number of carbonyl (C=O) groups is 2. The molecule has 1 fully saturated rings. The van der Waals surface area contributed by atoms with Gasteiger partial charge in [0.15, 0.2) is 0 Å². The molecule has 1 aromatic carbocycles. The van der Waals surface area contributed by atoms with E-state index in [4.69, 9.17) is 0 Å². The van der Waals surface area contributed by atoms with E-state index in [2.05, 4.69) is 12.2 Å². The van der Waals surface area contributed by atoms with Crippen molar-refractivity contribution < 1.29 is 9.59 Å². The highest BCUT2D eigenvalue weighted by molar-refractivity contribution is 5.96. The van der Waals surface area contributed by atoms with E-state index >= 15 is 0 Å². The Balaban J connectivity index is 1.94. The first-order valence-corrected chi connectivity index (χ1v) is 8.47. The van der Waals surface area contributed by atoms with Crippen LogP contribution < -0.4 is 10.2 Å². The second-order valence-corrected chi connectivity index (χ2v) is 6.12. The van der Waals surface area contributed by atoms with Crippen LogP contribution in [0.3, 0.4) is 0 Å². The third-order valence-corrected chi connectivity index (χ3v) is 4.25. The minimum Gasteiger partial charge on any atom is -0.333 e. The number of nitrogens with zero attached hydrogens (tertiary/aromatic N) is 2. The van der Waals surface area contributed by atoms with E-state index in [1.807, 2.05) is 43.0 Å². The van der Waals surface area contributed by atoms with Crippen LogP contribution in [0.25, 0.3) is 0 Å². The summed E-state index contributed by atoms with van der Waals surface area (Å²) >= 11 is 0. The standard InChI is InChI=1S/C18H27N3O2/c1-4-6-11-20(5-2)18(23)19-15-12-17(22)21(13-15)16-9-7-14(3)8-10-16/h7-10,15H,4-6,11-13H2,1-3H3,(H,19,23)/t15-/m0/s1. The molecular formula is C18H27N3O2. The van der Waals surface area contributed by atoms with Crippen LogP contribution in [0.4, 0.5) is 10.5 Å². The van der Waals surface area contributed by atoms with Gasteiger partial charge in [-0.2, -0.15) is 0 Å². The summed E-state index contributed by atoms with van der Waals surface area (Å²) < 4.78 is 0. The van der Waals surface area contributed by atoms with E-state index in [1.165, 1.54) is 5.56 Å². The lowest BCUT2D eigenvalue weighted by atomic mass is 10.2. The minimum atomic E-state index is -0.119. The molecule has 0 unspecified atom stereocenters. The summed E-state index contributed by atoms with van der Waals surface area (Å²) in [5.41, 5.74) is 2.07. The SMILES string of the molecule is CCCCN(CC)C(=O)N[C@H]1CC(=O)N(c2ccc(C)cc2)C1. The molecular weight excluding hydrogens is 290 g/mol. The molecule has 0 aromatic heterocycles. The Morgan fingerprint density at radius 2 is 2.00 bits per heavy atom. The molecule has 5 nitrogen and oxygen atoms in total. The fourth-order valence-corrected chi connectivity index (χ4v) is 2.80. The van der Waals surface area contributed by atoms with Crippen LogP contribution in [0.5, 0.6) is 0 Å². The summed E-state index contributed by atoms with van der Waals surface area (Å²) in [5.74, 6) is 0.0655. The Morgan fingerprint density at radius 3 is 2.61 bits per heavy atom. The summed E-state index contributed by atoms with van der Waals surface area (Å²) in [5, 5.41) is 3.00. The van der Waals surface area contributed by atoms with Crippen molar-refractivity contribution in [2.75, 3.05) is 24.5 Å². The van der Waals surface area contributed by atoms with E-state index in [1.54, 1.807) is 4.90 Å². The monoisotopic (exact) mass is 317 g/mol. The fourth-order valence-electron chi connectivity index (χ4n) is 2.80. The number of nitrogens with one attached hydrogen (secondary N) is 1. The molecule has 126 valence electrons. The van der Waals surface area contributed by atoms with Gasteiger partial charge in [-0.25, -0.2) is 4.79 Å². The number of unbranched alkanes of at least 4 members (excludes halogenated alkanes) is 1. The van der Waals surface area contributed by atoms with E-state index in [0.717, 1.165) is 25.1 Å². The van der Waals surface area contributed by atoms with Crippen LogP contribution in [-0.2, 0) is 4.79 Å². The molecule has 3 amide bonds. The maximum absolute atomic E-state index is 12.3. The van der Waals surface area contributed by atoms with Gasteiger partial charge in [0.25, 0.3) is 0 Å². The number of hydrogen-bond acceptors (Lipinski definition) is 2. The second-order valence-electron chi connectivity index (χ2n) is 6.12. The number of aryl methyl sites for hydroxylation is 1. The van der Waals surface area contributed by atoms with Gasteiger partial charge in [0.1, 0.15) is 0 Å². The van der Waals surface area contributed by atoms with Crippen molar-refractivity contribution in [1.29, 1.82) is 0 Å². The number of benzene rings is 1. The van der Waals surface area contributed by atoms with Crippen molar-refractivity contribution in [3.8, 4) is 0 Å². The molecule has 1 heterocycles. The van der Waals surface area contributed by atoms with Crippen LogP contribution in [0.2, 0.25) is 0 Å². The highest BCUT2D eigenvalue weighted by atomic mass is 16.2. The lowest BCUT2D eigenvalue weighted by Crippen LogP contribution is -2.46. The van der Waals surface area contributed by atoms with Gasteiger partial charge in [0, 0.05) is 31.7 Å². The number of hydrogen-bond donors (Lipinski definition) is 1. The molecule has 2 rings (SSSR count). The van der Waals surface area contributed by atoms with Crippen LogP contribution in [0.1, 0.15) is 38.7 Å². The Bertz CT molecular complexity index is 542. The van der Waals surface area contributed by atoms with Gasteiger partial charge in [-0.1, -0.05) is 31.0 Å². The maximum atomic E-state index is 12.3. The molecule has 1 atom stereocenters. The van der Waals surface area contributed by atoms with E-state index in [-0.39, 0.29) is 18.0 Å². The zero-order valence-electron chi connectivity index (χ0n) is 14.3. The Morgan fingerprint density at radius 1 is 1.30 bits per heavy atom. The first-order valence-electron chi connectivity index (χ1n) is 8.47. The highest BCUT2D eigenvalue weighted by Crippen LogP contribution is 2.22. The number of amides is 3. The van der Waals surface area contributed by atoms with E-state index in [0.29, 0.717) is 19.5 Å². The molecule has 23 heavy (non-hydrogen) atoms. The van der Waals surface area contributed by atoms with Crippen molar-refractivity contribution >= 4 is 17.6 Å². The Labute approximate surface area is 138 Å². The quantitative estimate of drug-likeness (QED) is 0.877. The topological polar surface area (TPSA) is 52.7 Å². The number of urea groups is 1. The summed E-state index contributed by atoms with van der Waals surface area (Å²) in [6.07, 6.45) is 2.43. The summed E-state index contributed by atoms with van der Waals surface area (Å²) in [6.45, 7) is 8.11. The van der Waals surface area contributed by atoms with Crippen LogP contribution in [0.15, 0.2) is 24.3 Å². The number of carbonyl (C=O) groups excluding carboxylic acids is 2. The predicted octanol–water partition coefficient (Wildman–Crippen LogP) is 2.93. The third kappa shape index (κ3) is 4.47. The highest BCUT2D eigenvalue weighted by Gasteiger charge is 2.32. The molecule has 0 saturated carbocycles. The average Bonchev–Trinajstić information content (AvgIpc) is 2.89. The molecule has 1 aliphatic rings. The average molecular weight is 317 g/mol. The van der Waals surface area contributed by atoms with Crippen LogP contribution in [0, 0.1) is 6.92 Å². The fraction of sp³-hybridized carbons (Fsp3) is 0.556. The van der Waals surface area contributed by atoms with Crippen LogP contribution in [-0.4, -0.2) is 42.5 Å². The van der Waals surface area contributed by atoms with Crippen molar-refractivity contribution in [2.24, 2.45) is 0 Å². The van der Waals surface area contributed by atoms with Gasteiger partial charge in [-0.05, 0) is 32.4 Å².